The highest BCUT2D eigenvalue weighted by molar-refractivity contribution is 7.12. The van der Waals surface area contributed by atoms with Gasteiger partial charge in [0.05, 0.1) is 23.5 Å². The van der Waals surface area contributed by atoms with E-state index in [4.69, 9.17) is 16.6 Å². The Hall–Kier alpha value is -2.96. The second kappa shape index (κ2) is 8.65. The lowest BCUT2D eigenvalue weighted by atomic mass is 10.1. The van der Waals surface area contributed by atoms with E-state index in [1.807, 2.05) is 56.5 Å². The van der Waals surface area contributed by atoms with Crippen molar-refractivity contribution in [1.82, 2.24) is 0 Å². The molecule has 0 saturated carbocycles. The normalized spacial score (nSPS) is 13.5. The SMILES string of the molecule is Cc1cc2c(cc1C)N(CC(=O)Nc1ccc(C)c(Cl)c1)C(=O)CC(c1cccs1)=N2. The summed E-state index contributed by atoms with van der Waals surface area (Å²) < 4.78 is 0. The van der Waals surface area contributed by atoms with Gasteiger partial charge in [0.25, 0.3) is 0 Å². The van der Waals surface area contributed by atoms with Crippen molar-refractivity contribution in [2.24, 2.45) is 4.99 Å². The summed E-state index contributed by atoms with van der Waals surface area (Å²) in [6, 6.07) is 13.2. The molecule has 31 heavy (non-hydrogen) atoms. The van der Waals surface area contributed by atoms with Crippen LogP contribution >= 0.6 is 22.9 Å². The molecule has 5 nitrogen and oxygen atoms in total. The van der Waals surface area contributed by atoms with Gasteiger partial charge in [0.1, 0.15) is 6.54 Å². The maximum atomic E-state index is 13.2. The molecule has 1 aliphatic rings. The average Bonchev–Trinajstić information content (AvgIpc) is 3.22. The molecule has 0 unspecified atom stereocenters. The van der Waals surface area contributed by atoms with Crippen LogP contribution in [-0.2, 0) is 9.59 Å². The molecule has 4 rings (SSSR count). The van der Waals surface area contributed by atoms with Crippen LogP contribution in [0.25, 0.3) is 0 Å². The van der Waals surface area contributed by atoms with Gasteiger partial charge in [-0.05, 0) is 73.2 Å². The average molecular weight is 452 g/mol. The van der Waals surface area contributed by atoms with E-state index in [1.165, 1.54) is 4.90 Å². The molecule has 3 aromatic rings. The van der Waals surface area contributed by atoms with E-state index in [0.717, 1.165) is 27.3 Å². The molecular formula is C24H22ClN3O2S. The molecular weight excluding hydrogens is 430 g/mol. The smallest absolute Gasteiger partial charge is 0.244 e. The van der Waals surface area contributed by atoms with Crippen molar-refractivity contribution in [3.8, 4) is 0 Å². The lowest BCUT2D eigenvalue weighted by molar-refractivity contribution is -0.120. The Balaban J connectivity index is 1.65. The lowest BCUT2D eigenvalue weighted by Gasteiger charge is -2.23. The zero-order valence-electron chi connectivity index (χ0n) is 17.5. The van der Waals surface area contributed by atoms with Gasteiger partial charge in [-0.1, -0.05) is 23.7 Å². The van der Waals surface area contributed by atoms with Crippen LogP contribution in [-0.4, -0.2) is 24.1 Å². The van der Waals surface area contributed by atoms with Crippen LogP contribution in [0.4, 0.5) is 17.1 Å². The van der Waals surface area contributed by atoms with E-state index in [9.17, 15) is 9.59 Å². The second-order valence-electron chi connectivity index (χ2n) is 7.63. The van der Waals surface area contributed by atoms with Crippen molar-refractivity contribution >= 4 is 57.5 Å². The number of halogens is 1. The van der Waals surface area contributed by atoms with Crippen LogP contribution in [0.1, 0.15) is 28.0 Å². The first-order valence-corrected chi connectivity index (χ1v) is 11.2. The number of fused-ring (bicyclic) bond motifs is 1. The number of hydrogen-bond donors (Lipinski definition) is 1. The minimum absolute atomic E-state index is 0.104. The highest BCUT2D eigenvalue weighted by atomic mass is 35.5. The number of rotatable bonds is 4. The molecule has 7 heteroatoms. The van der Waals surface area contributed by atoms with Crippen molar-refractivity contribution < 1.29 is 9.59 Å². The highest BCUT2D eigenvalue weighted by Gasteiger charge is 2.27. The number of anilines is 2. The monoisotopic (exact) mass is 451 g/mol. The fourth-order valence-corrected chi connectivity index (χ4v) is 4.32. The Labute approximate surface area is 190 Å². The molecule has 0 aliphatic carbocycles. The Kier molecular flexibility index (Phi) is 5.94. The summed E-state index contributed by atoms with van der Waals surface area (Å²) in [5, 5.41) is 5.38. The Morgan fingerprint density at radius 1 is 1.13 bits per heavy atom. The standard InChI is InChI=1S/C24H22ClN3O2S/c1-14-6-7-17(11-18(14)25)26-23(29)13-28-21-10-16(3)15(2)9-19(21)27-20(12-24(28)30)22-5-4-8-31-22/h4-11H,12-13H2,1-3H3,(H,26,29). The number of carbonyl (C=O) groups is 2. The van der Waals surface area contributed by atoms with Crippen molar-refractivity contribution in [2.45, 2.75) is 27.2 Å². The summed E-state index contributed by atoms with van der Waals surface area (Å²) >= 11 is 7.72. The number of benzene rings is 2. The molecule has 2 heterocycles. The summed E-state index contributed by atoms with van der Waals surface area (Å²) in [6.45, 7) is 5.80. The number of amides is 2. The third kappa shape index (κ3) is 4.55. The minimum Gasteiger partial charge on any atom is -0.324 e. The van der Waals surface area contributed by atoms with E-state index >= 15 is 0 Å². The van der Waals surface area contributed by atoms with Gasteiger partial charge < -0.3 is 10.2 Å². The first-order valence-electron chi connectivity index (χ1n) is 9.91. The van der Waals surface area contributed by atoms with Gasteiger partial charge in [0, 0.05) is 15.6 Å². The van der Waals surface area contributed by atoms with E-state index in [0.29, 0.717) is 22.1 Å². The molecule has 0 atom stereocenters. The van der Waals surface area contributed by atoms with Crippen LogP contribution in [0.5, 0.6) is 0 Å². The molecule has 0 fully saturated rings. The molecule has 158 valence electrons. The predicted octanol–water partition coefficient (Wildman–Crippen LogP) is 5.82. The van der Waals surface area contributed by atoms with Crippen LogP contribution in [0.2, 0.25) is 5.02 Å². The molecule has 0 bridgehead atoms. The Bertz CT molecular complexity index is 1200. The molecule has 1 aliphatic heterocycles. The number of thiophene rings is 1. The maximum Gasteiger partial charge on any atom is 0.244 e. The topological polar surface area (TPSA) is 61.8 Å². The van der Waals surface area contributed by atoms with Gasteiger partial charge in [-0.2, -0.15) is 0 Å². The number of nitrogens with one attached hydrogen (secondary N) is 1. The van der Waals surface area contributed by atoms with E-state index < -0.39 is 0 Å². The Morgan fingerprint density at radius 2 is 1.90 bits per heavy atom. The molecule has 0 saturated heterocycles. The Morgan fingerprint density at radius 3 is 2.61 bits per heavy atom. The first-order chi connectivity index (χ1) is 14.8. The molecule has 1 N–H and O–H groups in total. The van der Waals surface area contributed by atoms with Gasteiger partial charge >= 0.3 is 0 Å². The van der Waals surface area contributed by atoms with Crippen molar-refractivity contribution in [3.63, 3.8) is 0 Å². The zero-order chi connectivity index (χ0) is 22.1. The summed E-state index contributed by atoms with van der Waals surface area (Å²) in [5.74, 6) is -0.455. The number of aryl methyl sites for hydroxylation is 3. The van der Waals surface area contributed by atoms with Gasteiger partial charge in [-0.3, -0.25) is 9.59 Å². The summed E-state index contributed by atoms with van der Waals surface area (Å²) in [5.41, 5.74) is 5.72. The number of aliphatic imine (C=N–C) groups is 1. The molecule has 2 amide bonds. The van der Waals surface area contributed by atoms with Crippen LogP contribution in [0.3, 0.4) is 0 Å². The van der Waals surface area contributed by atoms with Crippen LogP contribution in [0, 0.1) is 20.8 Å². The van der Waals surface area contributed by atoms with Crippen LogP contribution < -0.4 is 10.2 Å². The third-order valence-corrected chi connectivity index (χ3v) is 6.65. The molecule has 0 radical (unpaired) electrons. The lowest BCUT2D eigenvalue weighted by Crippen LogP contribution is -2.38. The van der Waals surface area contributed by atoms with E-state index in [1.54, 1.807) is 23.5 Å². The fourth-order valence-electron chi connectivity index (χ4n) is 3.42. The number of nitrogens with zero attached hydrogens (tertiary/aromatic N) is 2. The van der Waals surface area contributed by atoms with Crippen LogP contribution in [0.15, 0.2) is 52.8 Å². The van der Waals surface area contributed by atoms with E-state index in [-0.39, 0.29) is 24.8 Å². The summed E-state index contributed by atoms with van der Waals surface area (Å²) in [4.78, 5) is 33.3. The first kappa shape index (κ1) is 21.3. The van der Waals surface area contributed by atoms with Crippen molar-refractivity contribution in [3.05, 3.63) is 74.4 Å². The number of hydrogen-bond acceptors (Lipinski definition) is 4. The largest absolute Gasteiger partial charge is 0.324 e. The second-order valence-corrected chi connectivity index (χ2v) is 8.98. The van der Waals surface area contributed by atoms with Gasteiger partial charge in [0.2, 0.25) is 11.8 Å². The maximum absolute atomic E-state index is 13.2. The quantitative estimate of drug-likeness (QED) is 0.543. The highest BCUT2D eigenvalue weighted by Crippen LogP contribution is 2.36. The molecule has 1 aromatic heterocycles. The minimum atomic E-state index is -0.294. The number of carbonyl (C=O) groups excluding carboxylic acids is 2. The summed E-state index contributed by atoms with van der Waals surface area (Å²) in [6.07, 6.45) is 0.136. The van der Waals surface area contributed by atoms with Crippen molar-refractivity contribution in [1.29, 1.82) is 0 Å². The van der Waals surface area contributed by atoms with E-state index in [2.05, 4.69) is 5.32 Å². The molecule has 0 spiro atoms. The van der Waals surface area contributed by atoms with Gasteiger partial charge in [-0.15, -0.1) is 11.3 Å². The van der Waals surface area contributed by atoms with Gasteiger partial charge in [-0.25, -0.2) is 4.99 Å². The third-order valence-electron chi connectivity index (χ3n) is 5.32. The van der Waals surface area contributed by atoms with Gasteiger partial charge in [0.15, 0.2) is 0 Å². The fraction of sp³-hybridized carbons (Fsp3) is 0.208. The molecule has 2 aromatic carbocycles. The van der Waals surface area contributed by atoms with Crippen molar-refractivity contribution in [2.75, 3.05) is 16.8 Å². The predicted molar refractivity (Wildman–Crippen MR) is 128 cm³/mol. The zero-order valence-corrected chi connectivity index (χ0v) is 19.1. The summed E-state index contributed by atoms with van der Waals surface area (Å²) in [7, 11) is 0.